The van der Waals surface area contributed by atoms with Crippen molar-refractivity contribution >= 4 is 11.6 Å². The fourth-order valence-corrected chi connectivity index (χ4v) is 0.801. The van der Waals surface area contributed by atoms with Crippen LogP contribution in [0, 0.1) is 6.92 Å². The zero-order chi connectivity index (χ0) is 8.27. The second-order valence-corrected chi connectivity index (χ2v) is 2.47. The normalized spacial score (nSPS) is 10.7. The Morgan fingerprint density at radius 2 is 1.75 bits per heavy atom. The fourth-order valence-electron chi connectivity index (χ4n) is 0.801. The molecule has 58 valence electrons. The molecule has 1 aromatic rings. The van der Waals surface area contributed by atoms with Gasteiger partial charge in [-0.05, 0) is 31.9 Å². The Hall–Kier alpha value is -0.713. The van der Waals surface area contributed by atoms with Gasteiger partial charge in [-0.25, -0.2) is 0 Å². The minimum absolute atomic E-state index is 0. The van der Waals surface area contributed by atoms with E-state index in [0.29, 0.717) is 0 Å². The summed E-state index contributed by atoms with van der Waals surface area (Å²) in [6.07, 6.45) is 0. The van der Waals surface area contributed by atoms with Crippen LogP contribution in [-0.4, -0.2) is 5.90 Å². The smallest absolute Gasteiger partial charge is 0.862 e. The van der Waals surface area contributed by atoms with E-state index in [1.54, 1.807) is 0 Å². The molecular formula is C9H10LiNO. The van der Waals surface area contributed by atoms with E-state index in [1.165, 1.54) is 12.5 Å². The summed E-state index contributed by atoms with van der Waals surface area (Å²) >= 11 is 0. The molecule has 0 aliphatic carbocycles. The monoisotopic (exact) mass is 155 g/mol. The van der Waals surface area contributed by atoms with Crippen LogP contribution in [0.25, 0.3) is 0 Å². The van der Waals surface area contributed by atoms with Crippen molar-refractivity contribution in [2.75, 3.05) is 0 Å². The third-order valence-corrected chi connectivity index (χ3v) is 1.32. The summed E-state index contributed by atoms with van der Waals surface area (Å²) in [4.78, 5) is 3.76. The van der Waals surface area contributed by atoms with E-state index in [4.69, 9.17) is 0 Å². The van der Waals surface area contributed by atoms with Gasteiger partial charge in [-0.15, -0.1) is 0 Å². The van der Waals surface area contributed by atoms with E-state index in [1.807, 2.05) is 31.2 Å². The topological polar surface area (TPSA) is 35.4 Å². The first-order chi connectivity index (χ1) is 5.18. The maximum absolute atomic E-state index is 10.5. The van der Waals surface area contributed by atoms with E-state index in [0.717, 1.165) is 5.69 Å². The Balaban J connectivity index is 0.00000121. The zero-order valence-corrected chi connectivity index (χ0v) is 7.66. The molecule has 0 aliphatic heterocycles. The average molecular weight is 155 g/mol. The first kappa shape index (κ1) is 11.3. The molecule has 0 heterocycles. The number of rotatable bonds is 1. The van der Waals surface area contributed by atoms with Gasteiger partial charge in [0.15, 0.2) is 0 Å². The maximum atomic E-state index is 10.5. The van der Waals surface area contributed by atoms with Gasteiger partial charge in [0.2, 0.25) is 0 Å². The minimum atomic E-state index is -0.158. The predicted molar refractivity (Wildman–Crippen MR) is 43.9 cm³/mol. The van der Waals surface area contributed by atoms with Gasteiger partial charge >= 0.3 is 18.9 Å². The standard InChI is InChI=1S/C9H11NO.Li/c1-7-3-5-9(6-4-7)10-8(2)11;/h3-6H,1-2H3,(H,10,11);/q;+1/p-1. The van der Waals surface area contributed by atoms with Gasteiger partial charge in [0.1, 0.15) is 0 Å². The molecule has 0 bridgehead atoms. The van der Waals surface area contributed by atoms with Crippen molar-refractivity contribution in [3.05, 3.63) is 29.8 Å². The number of nitrogens with zero attached hydrogens (tertiary/aromatic N) is 1. The largest absolute Gasteiger partial charge is 1.00 e. The SMILES string of the molecule is CC([O-])=Nc1ccc(C)cc1.[Li+]. The van der Waals surface area contributed by atoms with Crippen LogP contribution in [0.1, 0.15) is 12.5 Å². The Bertz CT molecular complexity index is 262. The summed E-state index contributed by atoms with van der Waals surface area (Å²) in [6.45, 7) is 3.44. The molecule has 0 N–H and O–H groups in total. The second-order valence-electron chi connectivity index (χ2n) is 2.47. The van der Waals surface area contributed by atoms with E-state index in [-0.39, 0.29) is 24.8 Å². The summed E-state index contributed by atoms with van der Waals surface area (Å²) in [7, 11) is 0. The van der Waals surface area contributed by atoms with Crippen LogP contribution < -0.4 is 24.0 Å². The first-order valence-corrected chi connectivity index (χ1v) is 3.47. The van der Waals surface area contributed by atoms with Crippen LogP contribution in [0.3, 0.4) is 0 Å². The van der Waals surface area contributed by atoms with Crippen molar-refractivity contribution < 1.29 is 24.0 Å². The van der Waals surface area contributed by atoms with Gasteiger partial charge in [-0.3, -0.25) is 4.99 Å². The third kappa shape index (κ3) is 3.61. The second kappa shape index (κ2) is 5.03. The van der Waals surface area contributed by atoms with Crippen LogP contribution in [-0.2, 0) is 0 Å². The molecule has 0 atom stereocenters. The molecule has 0 spiro atoms. The molecule has 0 fully saturated rings. The molecular weight excluding hydrogens is 145 g/mol. The van der Waals surface area contributed by atoms with Crippen LogP contribution >= 0.6 is 0 Å². The number of benzene rings is 1. The zero-order valence-electron chi connectivity index (χ0n) is 7.66. The summed E-state index contributed by atoms with van der Waals surface area (Å²) < 4.78 is 0. The molecule has 1 rings (SSSR count). The summed E-state index contributed by atoms with van der Waals surface area (Å²) in [5.74, 6) is -0.158. The minimum Gasteiger partial charge on any atom is -0.862 e. The van der Waals surface area contributed by atoms with Crippen molar-refractivity contribution in [2.45, 2.75) is 13.8 Å². The van der Waals surface area contributed by atoms with Crippen molar-refractivity contribution in [3.63, 3.8) is 0 Å². The summed E-state index contributed by atoms with van der Waals surface area (Å²) in [5.41, 5.74) is 1.90. The van der Waals surface area contributed by atoms with E-state index < -0.39 is 0 Å². The van der Waals surface area contributed by atoms with Gasteiger partial charge < -0.3 is 5.11 Å². The molecule has 12 heavy (non-hydrogen) atoms. The van der Waals surface area contributed by atoms with Gasteiger partial charge in [0, 0.05) is 0 Å². The first-order valence-electron chi connectivity index (χ1n) is 3.47. The molecule has 2 nitrogen and oxygen atoms in total. The van der Waals surface area contributed by atoms with Crippen molar-refractivity contribution in [1.29, 1.82) is 0 Å². The van der Waals surface area contributed by atoms with Gasteiger partial charge in [0.25, 0.3) is 0 Å². The van der Waals surface area contributed by atoms with E-state index in [2.05, 4.69) is 4.99 Å². The maximum Gasteiger partial charge on any atom is 1.00 e. The molecule has 0 saturated carbocycles. The number of aryl methyl sites for hydroxylation is 1. The number of hydrogen-bond acceptors (Lipinski definition) is 2. The molecule has 3 heteroatoms. The van der Waals surface area contributed by atoms with Crippen molar-refractivity contribution in [2.24, 2.45) is 4.99 Å². The molecule has 0 unspecified atom stereocenters. The predicted octanol–water partition coefficient (Wildman–Crippen LogP) is -1.59. The molecule has 0 aromatic heterocycles. The van der Waals surface area contributed by atoms with Crippen molar-refractivity contribution in [1.82, 2.24) is 0 Å². The van der Waals surface area contributed by atoms with Crippen molar-refractivity contribution in [3.8, 4) is 0 Å². The molecule has 0 saturated heterocycles. The Morgan fingerprint density at radius 3 is 2.17 bits per heavy atom. The van der Waals surface area contributed by atoms with Crippen LogP contribution in [0.4, 0.5) is 5.69 Å². The van der Waals surface area contributed by atoms with Gasteiger partial charge in [-0.1, -0.05) is 17.7 Å². The number of hydrogen-bond donors (Lipinski definition) is 0. The Morgan fingerprint density at radius 1 is 1.25 bits per heavy atom. The number of aliphatic imine (C=N–C) groups is 1. The molecule has 1 aromatic carbocycles. The molecule has 0 aliphatic rings. The van der Waals surface area contributed by atoms with Gasteiger partial charge in [-0.2, -0.15) is 0 Å². The van der Waals surface area contributed by atoms with E-state index in [9.17, 15) is 5.11 Å². The van der Waals surface area contributed by atoms with Crippen LogP contribution in [0.15, 0.2) is 29.3 Å². The quantitative estimate of drug-likeness (QED) is 0.273. The van der Waals surface area contributed by atoms with E-state index >= 15 is 0 Å². The van der Waals surface area contributed by atoms with Crippen LogP contribution in [0.2, 0.25) is 0 Å². The third-order valence-electron chi connectivity index (χ3n) is 1.32. The molecule has 0 radical (unpaired) electrons. The Kier molecular flexibility index (Phi) is 4.73. The Labute approximate surface area is 84.5 Å². The summed E-state index contributed by atoms with van der Waals surface area (Å²) in [5, 5.41) is 10.5. The van der Waals surface area contributed by atoms with Gasteiger partial charge in [0.05, 0.1) is 5.69 Å². The average Bonchev–Trinajstić information content (AvgIpc) is 1.93. The fraction of sp³-hybridized carbons (Fsp3) is 0.222. The van der Waals surface area contributed by atoms with Crippen LogP contribution in [0.5, 0.6) is 0 Å². The summed E-state index contributed by atoms with van der Waals surface area (Å²) in [6, 6.07) is 7.52. The molecule has 0 amide bonds.